The molecule has 1 atom stereocenters. The van der Waals surface area contributed by atoms with Crippen molar-refractivity contribution >= 4 is 27.4 Å². The van der Waals surface area contributed by atoms with E-state index in [0.29, 0.717) is 5.56 Å². The number of oxazole rings is 1. The Morgan fingerprint density at radius 2 is 1.50 bits per heavy atom. The molecule has 1 heterocycles. The second-order valence-electron chi connectivity index (χ2n) is 8.98. The number of aromatic nitrogens is 1. The van der Waals surface area contributed by atoms with Gasteiger partial charge in [-0.25, -0.2) is 13.4 Å². The minimum absolute atomic E-state index is 0.159. The molecule has 10 heteroatoms. The van der Waals surface area contributed by atoms with Gasteiger partial charge in [0.15, 0.2) is 9.84 Å². The van der Waals surface area contributed by atoms with Gasteiger partial charge in [0.05, 0.1) is 30.2 Å². The van der Waals surface area contributed by atoms with Crippen LogP contribution in [0.3, 0.4) is 0 Å². The van der Waals surface area contributed by atoms with Gasteiger partial charge in [-0.05, 0) is 31.4 Å². The summed E-state index contributed by atoms with van der Waals surface area (Å²) in [5.41, 5.74) is 2.00. The highest BCUT2D eigenvalue weighted by Crippen LogP contribution is 2.14. The Labute approximate surface area is 237 Å². The number of aryl methyl sites for hydroxylation is 1. The summed E-state index contributed by atoms with van der Waals surface area (Å²) in [7, 11) is -3.69. The van der Waals surface area contributed by atoms with Crippen LogP contribution >= 0.6 is 0 Å². The van der Waals surface area contributed by atoms with Crippen molar-refractivity contribution < 1.29 is 27.2 Å². The van der Waals surface area contributed by atoms with Gasteiger partial charge in [0, 0.05) is 12.5 Å². The maximum Gasteiger partial charge on any atom is 0.264 e. The summed E-state index contributed by atoms with van der Waals surface area (Å²) in [6, 6.07) is 18.9. The number of nitrogens with zero attached hydrogens (tertiary/aromatic N) is 1. The molecule has 40 heavy (non-hydrogen) atoms. The smallest absolute Gasteiger partial charge is 0.264 e. The number of carbonyl (C=O) groups excluding carboxylic acids is 3. The third-order valence-electron chi connectivity index (χ3n) is 5.28. The monoisotopic (exact) mass is 571 g/mol. The summed E-state index contributed by atoms with van der Waals surface area (Å²) in [5, 5.41) is 5.03. The molecule has 0 fully saturated rings. The van der Waals surface area contributed by atoms with Crippen LogP contribution in [0.2, 0.25) is 0 Å². The molecule has 1 aromatic heterocycles. The van der Waals surface area contributed by atoms with Crippen LogP contribution in [0.1, 0.15) is 62.9 Å². The van der Waals surface area contributed by atoms with Gasteiger partial charge in [-0.2, -0.15) is 0 Å². The average Bonchev–Trinajstić information content (AvgIpc) is 3.48. The summed E-state index contributed by atoms with van der Waals surface area (Å²) in [5.74, 6) is -3.79. The lowest BCUT2D eigenvalue weighted by Gasteiger charge is -2.17. The van der Waals surface area contributed by atoms with Gasteiger partial charge in [0.2, 0.25) is 17.6 Å². The van der Waals surface area contributed by atoms with E-state index in [-0.39, 0.29) is 24.1 Å². The molecular formula is C30H41N3O6S. The van der Waals surface area contributed by atoms with E-state index < -0.39 is 45.7 Å². The van der Waals surface area contributed by atoms with Crippen molar-refractivity contribution in [2.75, 3.05) is 12.3 Å². The van der Waals surface area contributed by atoms with Gasteiger partial charge in [0.25, 0.3) is 5.89 Å². The number of nitrogens with one attached hydrogen (secondary N) is 2. The van der Waals surface area contributed by atoms with E-state index in [0.717, 1.165) is 6.42 Å². The largest absolute Gasteiger partial charge is 0.442 e. The molecule has 0 saturated heterocycles. The van der Waals surface area contributed by atoms with E-state index in [1.165, 1.54) is 18.0 Å². The van der Waals surface area contributed by atoms with E-state index >= 15 is 0 Å². The van der Waals surface area contributed by atoms with Gasteiger partial charge in [-0.15, -0.1) is 0 Å². The fraction of sp³-hybridized carbons (Fsp3) is 0.400. The Morgan fingerprint density at radius 3 is 1.98 bits per heavy atom. The number of benzene rings is 2. The first-order valence-electron chi connectivity index (χ1n) is 13.4. The van der Waals surface area contributed by atoms with Crippen molar-refractivity contribution in [1.29, 1.82) is 0 Å². The van der Waals surface area contributed by atoms with Crippen molar-refractivity contribution in [2.24, 2.45) is 5.92 Å². The molecule has 2 amide bonds. The first kappa shape index (κ1) is 34.2. The highest BCUT2D eigenvalue weighted by atomic mass is 32.2. The quantitative estimate of drug-likeness (QED) is 0.308. The van der Waals surface area contributed by atoms with E-state index in [2.05, 4.69) is 46.8 Å². The number of hydrogen-bond acceptors (Lipinski definition) is 7. The molecule has 2 aromatic carbocycles. The van der Waals surface area contributed by atoms with E-state index in [9.17, 15) is 22.8 Å². The Bertz CT molecular complexity index is 1250. The number of carbonyl (C=O) groups is 3. The van der Waals surface area contributed by atoms with Crippen LogP contribution in [0.25, 0.3) is 0 Å². The first-order chi connectivity index (χ1) is 19.1. The van der Waals surface area contributed by atoms with Gasteiger partial charge < -0.3 is 15.1 Å². The molecule has 9 nitrogen and oxygen atoms in total. The SMILES string of the molecule is CC.CC(C)NC(=O)CC(CS(=O)(=O)Cc1ccccc1)C(=O)NCC(=O)c1ncco1.CCc1ccccc1. The van der Waals surface area contributed by atoms with E-state index in [1.807, 2.05) is 19.9 Å². The summed E-state index contributed by atoms with van der Waals surface area (Å²) in [6.45, 7) is 9.26. The van der Waals surface area contributed by atoms with Crippen LogP contribution in [0.5, 0.6) is 0 Å². The number of ketones is 1. The third-order valence-corrected chi connectivity index (χ3v) is 6.97. The normalized spacial score (nSPS) is 11.2. The fourth-order valence-electron chi connectivity index (χ4n) is 3.49. The lowest BCUT2D eigenvalue weighted by molar-refractivity contribution is -0.129. The molecule has 0 aliphatic rings. The van der Waals surface area contributed by atoms with Gasteiger partial charge in [0.1, 0.15) is 6.26 Å². The van der Waals surface area contributed by atoms with Crippen molar-refractivity contribution in [1.82, 2.24) is 15.6 Å². The summed E-state index contributed by atoms with van der Waals surface area (Å²) in [6.07, 6.45) is 3.35. The lowest BCUT2D eigenvalue weighted by atomic mass is 10.1. The number of sulfone groups is 1. The Hall–Kier alpha value is -3.79. The zero-order chi connectivity index (χ0) is 30.0. The topological polar surface area (TPSA) is 135 Å². The molecular weight excluding hydrogens is 530 g/mol. The van der Waals surface area contributed by atoms with E-state index in [1.54, 1.807) is 44.2 Å². The van der Waals surface area contributed by atoms with E-state index in [4.69, 9.17) is 4.42 Å². The predicted octanol–water partition coefficient (Wildman–Crippen LogP) is 4.39. The molecule has 218 valence electrons. The van der Waals surface area contributed by atoms with Crippen molar-refractivity contribution in [2.45, 2.75) is 59.3 Å². The zero-order valence-corrected chi connectivity index (χ0v) is 24.7. The van der Waals surface area contributed by atoms with Crippen LogP contribution in [-0.4, -0.2) is 49.3 Å². The number of amides is 2. The van der Waals surface area contributed by atoms with Gasteiger partial charge in [-0.3, -0.25) is 14.4 Å². The number of rotatable bonds is 12. The summed E-state index contributed by atoms with van der Waals surface area (Å²) >= 11 is 0. The standard InChI is InChI=1S/C20H25N3O6S.C8H10.C2H6/c1-14(2)23-18(25)10-16(13-30(27,28)12-15-6-4-3-5-7-15)19(26)22-11-17(24)20-21-8-9-29-20;1-2-8-6-4-3-5-7-8;1-2/h3-9,14,16H,10-13H2,1-2H3,(H,22,26)(H,23,25);3-7H,2H2,1H3;1-2H3. The van der Waals surface area contributed by atoms with Gasteiger partial charge in [-0.1, -0.05) is 81.4 Å². The molecule has 3 aromatic rings. The second kappa shape index (κ2) is 18.5. The minimum Gasteiger partial charge on any atom is -0.442 e. The Morgan fingerprint density at radius 1 is 0.925 bits per heavy atom. The molecule has 0 aliphatic heterocycles. The summed E-state index contributed by atoms with van der Waals surface area (Å²) < 4.78 is 30.2. The highest BCUT2D eigenvalue weighted by molar-refractivity contribution is 7.90. The zero-order valence-electron chi connectivity index (χ0n) is 23.9. The summed E-state index contributed by atoms with van der Waals surface area (Å²) in [4.78, 5) is 40.4. The van der Waals surface area contributed by atoms with Crippen LogP contribution in [0.4, 0.5) is 0 Å². The van der Waals surface area contributed by atoms with Crippen molar-refractivity contribution in [3.8, 4) is 0 Å². The molecule has 1 unspecified atom stereocenters. The molecule has 0 saturated carbocycles. The number of Topliss-reactive ketones (excluding diaryl/α,β-unsaturated/α-hetero) is 1. The Kier molecular flexibility index (Phi) is 15.8. The lowest BCUT2D eigenvalue weighted by Crippen LogP contribution is -2.41. The third kappa shape index (κ3) is 13.8. The molecule has 0 bridgehead atoms. The molecule has 0 radical (unpaired) electrons. The molecule has 2 N–H and O–H groups in total. The molecule has 0 aliphatic carbocycles. The highest BCUT2D eigenvalue weighted by Gasteiger charge is 2.29. The maximum absolute atomic E-state index is 12.6. The maximum atomic E-state index is 12.6. The molecule has 0 spiro atoms. The van der Waals surface area contributed by atoms with Crippen LogP contribution < -0.4 is 10.6 Å². The fourth-order valence-corrected chi connectivity index (χ4v) is 5.19. The average molecular weight is 572 g/mol. The Balaban J connectivity index is 0.000000675. The van der Waals surface area contributed by atoms with Crippen molar-refractivity contribution in [3.63, 3.8) is 0 Å². The van der Waals surface area contributed by atoms with Crippen molar-refractivity contribution in [3.05, 3.63) is 90.1 Å². The van der Waals surface area contributed by atoms with Crippen LogP contribution in [0.15, 0.2) is 77.5 Å². The van der Waals surface area contributed by atoms with Crippen LogP contribution in [0, 0.1) is 5.92 Å². The van der Waals surface area contributed by atoms with Crippen LogP contribution in [-0.2, 0) is 31.6 Å². The second-order valence-corrected chi connectivity index (χ2v) is 11.1. The minimum atomic E-state index is -3.69. The molecule has 3 rings (SSSR count). The first-order valence-corrected chi connectivity index (χ1v) is 15.2. The number of hydrogen-bond donors (Lipinski definition) is 2. The van der Waals surface area contributed by atoms with Gasteiger partial charge >= 0.3 is 0 Å². The predicted molar refractivity (Wildman–Crippen MR) is 156 cm³/mol.